The number of halogens is 2. The Bertz CT molecular complexity index is 312. The molecule has 0 aliphatic carbocycles. The lowest BCUT2D eigenvalue weighted by Gasteiger charge is -2.10. The van der Waals surface area contributed by atoms with Crippen LogP contribution in [0.15, 0.2) is 18.2 Å². The van der Waals surface area contributed by atoms with Gasteiger partial charge in [0.05, 0.1) is 10.0 Å². The van der Waals surface area contributed by atoms with Crippen molar-refractivity contribution in [2.75, 3.05) is 7.11 Å². The number of hydrogen-bond donors (Lipinski definition) is 0. The molecular formula is C9H8Cl2O2. The standard InChI is InChI=1S/C9H8Cl2O2/c1-13-8(5-12)6-3-2-4-7(10)9(6)11/h2-5,8H,1H3. The average Bonchev–Trinajstić information content (AvgIpc) is 2.14. The van der Waals surface area contributed by atoms with Crippen molar-refractivity contribution in [3.63, 3.8) is 0 Å². The Morgan fingerprint density at radius 3 is 2.69 bits per heavy atom. The molecule has 0 bridgehead atoms. The van der Waals surface area contributed by atoms with Gasteiger partial charge in [0, 0.05) is 12.7 Å². The van der Waals surface area contributed by atoms with Crippen LogP contribution in [0, 0.1) is 0 Å². The van der Waals surface area contributed by atoms with Gasteiger partial charge in [0.1, 0.15) is 6.10 Å². The van der Waals surface area contributed by atoms with Gasteiger partial charge in [0.2, 0.25) is 0 Å². The molecule has 0 fully saturated rings. The molecule has 0 spiro atoms. The van der Waals surface area contributed by atoms with Crippen molar-refractivity contribution in [2.24, 2.45) is 0 Å². The van der Waals surface area contributed by atoms with Crippen LogP contribution < -0.4 is 0 Å². The molecule has 13 heavy (non-hydrogen) atoms. The van der Waals surface area contributed by atoms with Crippen LogP contribution in [0.5, 0.6) is 0 Å². The second-order valence-corrected chi connectivity index (χ2v) is 3.22. The zero-order valence-corrected chi connectivity index (χ0v) is 8.47. The van der Waals surface area contributed by atoms with Crippen LogP contribution in [0.1, 0.15) is 11.7 Å². The summed E-state index contributed by atoms with van der Waals surface area (Å²) in [4.78, 5) is 10.6. The maximum Gasteiger partial charge on any atom is 0.153 e. The van der Waals surface area contributed by atoms with E-state index in [-0.39, 0.29) is 0 Å². The molecule has 1 unspecified atom stereocenters. The van der Waals surface area contributed by atoms with E-state index in [0.29, 0.717) is 21.9 Å². The summed E-state index contributed by atoms with van der Waals surface area (Å²) in [5.41, 5.74) is 0.590. The zero-order valence-electron chi connectivity index (χ0n) is 6.96. The van der Waals surface area contributed by atoms with E-state index in [4.69, 9.17) is 27.9 Å². The van der Waals surface area contributed by atoms with Gasteiger partial charge in [0.15, 0.2) is 6.29 Å². The second kappa shape index (κ2) is 4.61. The zero-order chi connectivity index (χ0) is 9.84. The fourth-order valence-electron chi connectivity index (χ4n) is 0.996. The maximum atomic E-state index is 10.6. The third kappa shape index (κ3) is 2.21. The van der Waals surface area contributed by atoms with Crippen molar-refractivity contribution in [1.29, 1.82) is 0 Å². The second-order valence-electron chi connectivity index (χ2n) is 2.44. The molecule has 0 saturated heterocycles. The van der Waals surface area contributed by atoms with Gasteiger partial charge < -0.3 is 9.53 Å². The predicted octanol–water partition coefficient (Wildman–Crippen LogP) is 2.88. The van der Waals surface area contributed by atoms with Crippen LogP contribution in [-0.2, 0) is 9.53 Å². The molecule has 4 heteroatoms. The van der Waals surface area contributed by atoms with Gasteiger partial charge in [-0.2, -0.15) is 0 Å². The highest BCUT2D eigenvalue weighted by Gasteiger charge is 2.14. The summed E-state index contributed by atoms with van der Waals surface area (Å²) in [6, 6.07) is 5.08. The molecule has 0 aromatic heterocycles. The SMILES string of the molecule is COC(C=O)c1cccc(Cl)c1Cl. The van der Waals surface area contributed by atoms with Crippen LogP contribution >= 0.6 is 23.2 Å². The van der Waals surface area contributed by atoms with Crippen LogP contribution in [0.2, 0.25) is 10.0 Å². The smallest absolute Gasteiger partial charge is 0.153 e. The van der Waals surface area contributed by atoms with Crippen molar-refractivity contribution in [2.45, 2.75) is 6.10 Å². The molecule has 70 valence electrons. The lowest BCUT2D eigenvalue weighted by molar-refractivity contribution is -0.116. The van der Waals surface area contributed by atoms with Crippen LogP contribution in [0.4, 0.5) is 0 Å². The summed E-state index contributed by atoms with van der Waals surface area (Å²) in [5.74, 6) is 0. The van der Waals surface area contributed by atoms with E-state index in [2.05, 4.69) is 0 Å². The molecule has 2 nitrogen and oxygen atoms in total. The molecule has 1 rings (SSSR count). The summed E-state index contributed by atoms with van der Waals surface area (Å²) < 4.78 is 4.91. The fraction of sp³-hybridized carbons (Fsp3) is 0.222. The molecule has 0 heterocycles. The third-order valence-electron chi connectivity index (χ3n) is 1.67. The van der Waals surface area contributed by atoms with Gasteiger partial charge in [-0.25, -0.2) is 0 Å². The Morgan fingerprint density at radius 1 is 1.46 bits per heavy atom. The number of carbonyl (C=O) groups excluding carboxylic acids is 1. The van der Waals surface area contributed by atoms with Gasteiger partial charge in [-0.15, -0.1) is 0 Å². The first-order chi connectivity index (χ1) is 6.20. The molecule has 1 aromatic rings. The highest BCUT2D eigenvalue weighted by atomic mass is 35.5. The van der Waals surface area contributed by atoms with E-state index in [0.717, 1.165) is 0 Å². The van der Waals surface area contributed by atoms with Crippen LogP contribution in [0.25, 0.3) is 0 Å². The third-order valence-corrected chi connectivity index (χ3v) is 2.50. The van der Waals surface area contributed by atoms with Crippen molar-refractivity contribution >= 4 is 29.5 Å². The Balaban J connectivity index is 3.13. The first-order valence-corrected chi connectivity index (χ1v) is 4.38. The molecule has 1 aromatic carbocycles. The van der Waals surface area contributed by atoms with Gasteiger partial charge in [-0.1, -0.05) is 35.3 Å². The number of aldehydes is 1. The first kappa shape index (κ1) is 10.5. The van der Waals surface area contributed by atoms with E-state index in [1.54, 1.807) is 18.2 Å². The number of carbonyl (C=O) groups is 1. The number of ether oxygens (including phenoxy) is 1. The molecule has 0 radical (unpaired) electrons. The van der Waals surface area contributed by atoms with Gasteiger partial charge in [-0.3, -0.25) is 0 Å². The summed E-state index contributed by atoms with van der Waals surface area (Å²) in [7, 11) is 1.44. The van der Waals surface area contributed by atoms with E-state index >= 15 is 0 Å². The predicted molar refractivity (Wildman–Crippen MR) is 52.3 cm³/mol. The molecule has 0 N–H and O–H groups in total. The van der Waals surface area contributed by atoms with Crippen LogP contribution in [0.3, 0.4) is 0 Å². The molecule has 0 aliphatic heterocycles. The minimum Gasteiger partial charge on any atom is -0.369 e. The molecule has 1 atom stereocenters. The Morgan fingerprint density at radius 2 is 2.15 bits per heavy atom. The van der Waals surface area contributed by atoms with Crippen molar-refractivity contribution in [1.82, 2.24) is 0 Å². The summed E-state index contributed by atoms with van der Waals surface area (Å²) in [6.07, 6.45) is 0.0311. The van der Waals surface area contributed by atoms with Gasteiger partial charge >= 0.3 is 0 Å². The van der Waals surface area contributed by atoms with Gasteiger partial charge in [0.25, 0.3) is 0 Å². The Hall–Kier alpha value is -0.570. The van der Waals surface area contributed by atoms with Crippen LogP contribution in [-0.4, -0.2) is 13.4 Å². The molecular weight excluding hydrogens is 211 g/mol. The number of hydrogen-bond acceptors (Lipinski definition) is 2. The first-order valence-electron chi connectivity index (χ1n) is 3.62. The van der Waals surface area contributed by atoms with Crippen molar-refractivity contribution < 1.29 is 9.53 Å². The van der Waals surface area contributed by atoms with E-state index in [1.165, 1.54) is 7.11 Å². The molecule has 0 amide bonds. The Kier molecular flexibility index (Phi) is 3.72. The monoisotopic (exact) mass is 218 g/mol. The number of benzene rings is 1. The average molecular weight is 219 g/mol. The largest absolute Gasteiger partial charge is 0.369 e. The molecule has 0 aliphatic rings. The van der Waals surface area contributed by atoms with E-state index in [1.807, 2.05) is 0 Å². The number of rotatable bonds is 3. The lowest BCUT2D eigenvalue weighted by Crippen LogP contribution is -2.03. The van der Waals surface area contributed by atoms with E-state index in [9.17, 15) is 4.79 Å². The fourth-order valence-corrected chi connectivity index (χ4v) is 1.41. The topological polar surface area (TPSA) is 26.3 Å². The van der Waals surface area contributed by atoms with Gasteiger partial charge in [-0.05, 0) is 6.07 Å². The molecule has 0 saturated carbocycles. The van der Waals surface area contributed by atoms with E-state index < -0.39 is 6.10 Å². The van der Waals surface area contributed by atoms with Crippen molar-refractivity contribution in [3.8, 4) is 0 Å². The number of methoxy groups -OCH3 is 1. The van der Waals surface area contributed by atoms with Crippen molar-refractivity contribution in [3.05, 3.63) is 33.8 Å². The summed E-state index contributed by atoms with van der Waals surface area (Å²) >= 11 is 11.6. The summed E-state index contributed by atoms with van der Waals surface area (Å²) in [6.45, 7) is 0. The lowest BCUT2D eigenvalue weighted by atomic mass is 10.1. The minimum atomic E-state index is -0.647. The summed E-state index contributed by atoms with van der Waals surface area (Å²) in [5, 5.41) is 0.784. The maximum absolute atomic E-state index is 10.6. The highest BCUT2D eigenvalue weighted by molar-refractivity contribution is 6.42. The Labute approximate surface area is 86.4 Å². The minimum absolute atomic E-state index is 0.364. The normalized spacial score (nSPS) is 12.5. The quantitative estimate of drug-likeness (QED) is 0.730. The highest BCUT2D eigenvalue weighted by Crippen LogP contribution is 2.30.